The molecule has 30 heavy (non-hydrogen) atoms. The third kappa shape index (κ3) is 2.78. The van der Waals surface area contributed by atoms with Gasteiger partial charge in [-0.05, 0) is 26.2 Å². The van der Waals surface area contributed by atoms with E-state index in [0.717, 1.165) is 42.4 Å². The Morgan fingerprint density at radius 2 is 2.03 bits per heavy atom. The maximum absolute atomic E-state index is 11.8. The van der Waals surface area contributed by atoms with Crippen LogP contribution >= 0.6 is 0 Å². The number of imidazole rings is 1. The quantitative estimate of drug-likeness (QED) is 0.607. The Hall–Kier alpha value is -3.30. The number of carbonyl (C=O) groups is 1. The first-order chi connectivity index (χ1) is 14.6. The highest BCUT2D eigenvalue weighted by Gasteiger charge is 2.39. The molecule has 1 fully saturated rings. The number of hydrogen-bond acceptors (Lipinski definition) is 8. The summed E-state index contributed by atoms with van der Waals surface area (Å²) in [5.74, 6) is 2.62. The fraction of sp³-hybridized carbons (Fsp3) is 0.500. The van der Waals surface area contributed by atoms with Crippen LogP contribution < -0.4 is 4.90 Å². The average molecular weight is 408 g/mol. The molecule has 4 heterocycles. The maximum Gasteiger partial charge on any atom is 0.358 e. The molecule has 1 aliphatic heterocycles. The molecule has 0 radical (unpaired) electrons. The van der Waals surface area contributed by atoms with Gasteiger partial charge in [-0.3, -0.25) is 9.13 Å². The Kier molecular flexibility index (Phi) is 4.48. The van der Waals surface area contributed by atoms with Crippen LogP contribution in [0.3, 0.4) is 0 Å². The third-order valence-corrected chi connectivity index (χ3v) is 6.02. The van der Waals surface area contributed by atoms with Crippen molar-refractivity contribution in [3.8, 4) is 11.6 Å². The van der Waals surface area contributed by atoms with Crippen molar-refractivity contribution in [3.63, 3.8) is 0 Å². The second-order valence-corrected chi connectivity index (χ2v) is 7.75. The number of hydrogen-bond donors (Lipinski definition) is 0. The summed E-state index contributed by atoms with van der Waals surface area (Å²) in [4.78, 5) is 27.8. The second-order valence-electron chi connectivity index (χ2n) is 7.75. The summed E-state index contributed by atoms with van der Waals surface area (Å²) in [5.41, 5.74) is 1.11. The van der Waals surface area contributed by atoms with Crippen molar-refractivity contribution in [1.29, 1.82) is 0 Å². The molecule has 3 aromatic rings. The number of anilines is 1. The molecule has 10 nitrogen and oxygen atoms in total. The van der Waals surface area contributed by atoms with E-state index in [0.29, 0.717) is 12.0 Å². The van der Waals surface area contributed by atoms with Gasteiger partial charge in [0.25, 0.3) is 0 Å². The molecule has 5 rings (SSSR count). The number of nitrogens with zero attached hydrogens (tertiary/aromatic N) is 8. The van der Waals surface area contributed by atoms with Crippen molar-refractivity contribution in [2.24, 2.45) is 0 Å². The Morgan fingerprint density at radius 1 is 1.23 bits per heavy atom. The highest BCUT2D eigenvalue weighted by atomic mass is 16.5. The summed E-state index contributed by atoms with van der Waals surface area (Å²) in [5, 5.41) is 8.82. The van der Waals surface area contributed by atoms with Crippen LogP contribution in [0.2, 0.25) is 0 Å². The van der Waals surface area contributed by atoms with Crippen molar-refractivity contribution in [3.05, 3.63) is 36.1 Å². The standard InChI is InChI=1S/C20H24N8O2/c1-4-15-18-25-24-12(2)27(18)16-9-21-20(26-10-14(22-11-26)19(29)30-3)23-17(16)28(15)13-7-5-6-8-13/h9-11,13,15H,4-8H2,1-3H3. The van der Waals surface area contributed by atoms with E-state index in [2.05, 4.69) is 36.6 Å². The van der Waals surface area contributed by atoms with Crippen LogP contribution in [0, 0.1) is 6.92 Å². The lowest BCUT2D eigenvalue weighted by molar-refractivity contribution is 0.0594. The molecule has 0 spiro atoms. The largest absolute Gasteiger partial charge is 0.464 e. The highest BCUT2D eigenvalue weighted by molar-refractivity contribution is 5.86. The van der Waals surface area contributed by atoms with Crippen LogP contribution in [0.1, 0.15) is 67.2 Å². The lowest BCUT2D eigenvalue weighted by Gasteiger charge is -2.41. The number of fused-ring (bicyclic) bond motifs is 3. The molecule has 0 N–H and O–H groups in total. The molecule has 2 aliphatic rings. The molecule has 1 saturated carbocycles. The van der Waals surface area contributed by atoms with Crippen molar-refractivity contribution in [2.45, 2.75) is 58.0 Å². The van der Waals surface area contributed by atoms with Gasteiger partial charge in [-0.2, -0.15) is 4.98 Å². The van der Waals surface area contributed by atoms with E-state index >= 15 is 0 Å². The van der Waals surface area contributed by atoms with Gasteiger partial charge >= 0.3 is 5.97 Å². The third-order valence-electron chi connectivity index (χ3n) is 6.02. The zero-order valence-corrected chi connectivity index (χ0v) is 17.3. The minimum Gasteiger partial charge on any atom is -0.464 e. The van der Waals surface area contributed by atoms with E-state index in [1.807, 2.05) is 13.1 Å². The Balaban J connectivity index is 1.65. The van der Waals surface area contributed by atoms with Gasteiger partial charge in [0.1, 0.15) is 17.8 Å². The summed E-state index contributed by atoms with van der Waals surface area (Å²) in [6, 6.07) is 0.522. The first kappa shape index (κ1) is 18.7. The summed E-state index contributed by atoms with van der Waals surface area (Å²) >= 11 is 0. The molecule has 0 aromatic carbocycles. The van der Waals surface area contributed by atoms with Gasteiger partial charge in [-0.25, -0.2) is 14.8 Å². The van der Waals surface area contributed by atoms with Crippen molar-refractivity contribution < 1.29 is 9.53 Å². The predicted octanol–water partition coefficient (Wildman–Crippen LogP) is 2.55. The van der Waals surface area contributed by atoms with Crippen LogP contribution in [0.25, 0.3) is 11.6 Å². The Morgan fingerprint density at radius 3 is 2.77 bits per heavy atom. The van der Waals surface area contributed by atoms with Crippen LogP contribution in [-0.4, -0.2) is 53.4 Å². The maximum atomic E-state index is 11.8. The van der Waals surface area contributed by atoms with Crippen LogP contribution in [0.4, 0.5) is 5.82 Å². The number of rotatable bonds is 4. The average Bonchev–Trinajstić information content (AvgIpc) is 3.53. The number of ether oxygens (including phenoxy) is 1. The minimum atomic E-state index is -0.491. The number of esters is 1. The predicted molar refractivity (Wildman–Crippen MR) is 108 cm³/mol. The molecular weight excluding hydrogens is 384 g/mol. The molecule has 3 aromatic heterocycles. The van der Waals surface area contributed by atoms with Gasteiger partial charge in [0.2, 0.25) is 5.95 Å². The monoisotopic (exact) mass is 408 g/mol. The summed E-state index contributed by atoms with van der Waals surface area (Å²) < 4.78 is 8.46. The summed E-state index contributed by atoms with van der Waals surface area (Å²) in [7, 11) is 1.33. The first-order valence-corrected chi connectivity index (χ1v) is 10.3. The van der Waals surface area contributed by atoms with E-state index in [9.17, 15) is 4.79 Å². The Bertz CT molecular complexity index is 1100. The molecule has 10 heteroatoms. The lowest BCUT2D eigenvalue weighted by atomic mass is 10.0. The fourth-order valence-electron chi connectivity index (χ4n) is 4.63. The summed E-state index contributed by atoms with van der Waals surface area (Å²) in [6.45, 7) is 4.12. The molecule has 1 unspecified atom stereocenters. The molecule has 1 atom stereocenters. The molecule has 1 aliphatic carbocycles. The van der Waals surface area contributed by atoms with E-state index in [4.69, 9.17) is 9.72 Å². The zero-order valence-electron chi connectivity index (χ0n) is 17.3. The second kappa shape index (κ2) is 7.19. The molecule has 0 saturated heterocycles. The smallest absolute Gasteiger partial charge is 0.358 e. The van der Waals surface area contributed by atoms with Gasteiger partial charge in [0, 0.05) is 12.2 Å². The van der Waals surface area contributed by atoms with E-state index in [1.54, 1.807) is 10.8 Å². The number of carbonyl (C=O) groups excluding carboxylic acids is 1. The van der Waals surface area contributed by atoms with Gasteiger partial charge in [0.15, 0.2) is 17.3 Å². The first-order valence-electron chi connectivity index (χ1n) is 10.3. The van der Waals surface area contributed by atoms with E-state index in [1.165, 1.54) is 26.3 Å². The van der Waals surface area contributed by atoms with Gasteiger partial charge < -0.3 is 9.64 Å². The van der Waals surface area contributed by atoms with Crippen molar-refractivity contribution in [2.75, 3.05) is 12.0 Å². The van der Waals surface area contributed by atoms with Crippen LogP contribution in [0.15, 0.2) is 18.7 Å². The van der Waals surface area contributed by atoms with Crippen LogP contribution in [-0.2, 0) is 4.74 Å². The highest BCUT2D eigenvalue weighted by Crippen LogP contribution is 2.43. The van der Waals surface area contributed by atoms with Gasteiger partial charge in [-0.1, -0.05) is 19.8 Å². The number of aryl methyl sites for hydroxylation is 1. The molecular formula is C20H24N8O2. The zero-order chi connectivity index (χ0) is 20.8. The SMILES string of the molecule is CCC1c2nnc(C)n2-c2cnc(-n3cnc(C(=O)OC)c3)nc2N1C1CCCC1. The van der Waals surface area contributed by atoms with E-state index < -0.39 is 5.97 Å². The summed E-state index contributed by atoms with van der Waals surface area (Å²) in [6.07, 6.45) is 10.6. The molecule has 0 amide bonds. The van der Waals surface area contributed by atoms with Crippen LogP contribution in [0.5, 0.6) is 0 Å². The minimum absolute atomic E-state index is 0.109. The normalized spacial score (nSPS) is 18.4. The lowest BCUT2D eigenvalue weighted by Crippen LogP contribution is -2.42. The van der Waals surface area contributed by atoms with Gasteiger partial charge in [-0.15, -0.1) is 10.2 Å². The van der Waals surface area contributed by atoms with Crippen molar-refractivity contribution >= 4 is 11.8 Å². The van der Waals surface area contributed by atoms with Crippen molar-refractivity contribution in [1.82, 2.24) is 34.3 Å². The van der Waals surface area contributed by atoms with Gasteiger partial charge in [0.05, 0.1) is 19.3 Å². The Labute approximate surface area is 173 Å². The topological polar surface area (TPSA) is 104 Å². The number of aromatic nitrogens is 7. The van der Waals surface area contributed by atoms with E-state index in [-0.39, 0.29) is 11.7 Å². The fourth-order valence-corrected chi connectivity index (χ4v) is 4.63. The molecule has 0 bridgehead atoms. The molecule has 156 valence electrons. The number of methoxy groups -OCH3 is 1.